The van der Waals surface area contributed by atoms with E-state index in [1.54, 1.807) is 12.3 Å². The fourth-order valence-corrected chi connectivity index (χ4v) is 3.14. The molecule has 2 heterocycles. The lowest BCUT2D eigenvalue weighted by atomic mass is 10.2. The fourth-order valence-electron chi connectivity index (χ4n) is 2.94. The first-order valence-corrected chi connectivity index (χ1v) is 9.00. The number of likely N-dealkylation sites (N-methyl/N-ethyl adjacent to an activating group) is 1. The van der Waals surface area contributed by atoms with Crippen LogP contribution in [-0.4, -0.2) is 53.4 Å². The molecule has 0 atom stereocenters. The average molecular weight is 359 g/mol. The highest BCUT2D eigenvalue weighted by Gasteiger charge is 2.21. The van der Waals surface area contributed by atoms with E-state index in [0.717, 1.165) is 43.3 Å². The number of nitrogens with zero attached hydrogens (tertiary/aromatic N) is 3. The van der Waals surface area contributed by atoms with E-state index in [4.69, 9.17) is 11.6 Å². The van der Waals surface area contributed by atoms with Gasteiger partial charge in [0.1, 0.15) is 5.82 Å². The van der Waals surface area contributed by atoms with Crippen LogP contribution in [0.25, 0.3) is 0 Å². The topological polar surface area (TPSA) is 48.5 Å². The summed E-state index contributed by atoms with van der Waals surface area (Å²) in [6, 6.07) is 11.3. The molecule has 1 fully saturated rings. The van der Waals surface area contributed by atoms with E-state index in [0.29, 0.717) is 17.9 Å². The number of anilines is 1. The van der Waals surface area contributed by atoms with Gasteiger partial charge in [-0.3, -0.25) is 4.79 Å². The minimum Gasteiger partial charge on any atom is -0.366 e. The molecule has 3 rings (SSSR count). The van der Waals surface area contributed by atoms with E-state index in [-0.39, 0.29) is 5.91 Å². The number of carbonyl (C=O) groups is 1. The van der Waals surface area contributed by atoms with Gasteiger partial charge in [-0.2, -0.15) is 0 Å². The normalized spacial score (nSPS) is 15.2. The molecule has 0 aliphatic carbocycles. The number of nitrogens with one attached hydrogen (secondary N) is 1. The van der Waals surface area contributed by atoms with Gasteiger partial charge in [-0.15, -0.1) is 0 Å². The number of pyridine rings is 1. The minimum absolute atomic E-state index is 0.0685. The lowest BCUT2D eigenvalue weighted by molar-refractivity contribution is 0.0643. The largest absolute Gasteiger partial charge is 0.366 e. The Balaban J connectivity index is 1.63. The second-order valence-electron chi connectivity index (χ2n) is 6.10. The molecule has 1 aliphatic rings. The summed E-state index contributed by atoms with van der Waals surface area (Å²) in [5.41, 5.74) is 1.67. The molecule has 1 aromatic carbocycles. The van der Waals surface area contributed by atoms with Gasteiger partial charge in [-0.1, -0.05) is 36.7 Å². The number of halogens is 1. The second kappa shape index (κ2) is 8.32. The summed E-state index contributed by atoms with van der Waals surface area (Å²) < 4.78 is 0. The van der Waals surface area contributed by atoms with Gasteiger partial charge in [0.05, 0.1) is 0 Å². The van der Waals surface area contributed by atoms with Crippen LogP contribution in [0.2, 0.25) is 5.02 Å². The highest BCUT2D eigenvalue weighted by Crippen LogP contribution is 2.17. The van der Waals surface area contributed by atoms with Gasteiger partial charge in [0.25, 0.3) is 5.91 Å². The van der Waals surface area contributed by atoms with E-state index in [9.17, 15) is 4.79 Å². The molecule has 6 heteroatoms. The number of aromatic nitrogens is 1. The van der Waals surface area contributed by atoms with Crippen molar-refractivity contribution in [3.05, 3.63) is 58.7 Å². The van der Waals surface area contributed by atoms with Crippen LogP contribution >= 0.6 is 11.6 Å². The Labute approximate surface area is 153 Å². The molecule has 0 radical (unpaired) electrons. The van der Waals surface area contributed by atoms with Crippen molar-refractivity contribution >= 4 is 23.3 Å². The molecule has 1 aromatic heterocycles. The van der Waals surface area contributed by atoms with Crippen LogP contribution in [0.15, 0.2) is 42.6 Å². The van der Waals surface area contributed by atoms with Gasteiger partial charge in [0, 0.05) is 49.5 Å². The SMILES string of the molecule is CCN1CCN(C(=O)c2ccnc(NCc3ccccc3Cl)c2)CC1. The van der Waals surface area contributed by atoms with Crippen LogP contribution in [0.4, 0.5) is 5.82 Å². The van der Waals surface area contributed by atoms with Crippen molar-refractivity contribution < 1.29 is 4.79 Å². The summed E-state index contributed by atoms with van der Waals surface area (Å²) in [5, 5.41) is 3.96. The maximum absolute atomic E-state index is 12.7. The minimum atomic E-state index is 0.0685. The Bertz CT molecular complexity index is 729. The molecule has 132 valence electrons. The number of rotatable bonds is 5. The van der Waals surface area contributed by atoms with Crippen molar-refractivity contribution in [2.45, 2.75) is 13.5 Å². The predicted octanol–water partition coefficient (Wildman–Crippen LogP) is 3.12. The van der Waals surface area contributed by atoms with E-state index in [2.05, 4.69) is 22.1 Å². The summed E-state index contributed by atoms with van der Waals surface area (Å²) in [7, 11) is 0. The van der Waals surface area contributed by atoms with Gasteiger partial charge in [0.2, 0.25) is 0 Å². The number of hydrogen-bond acceptors (Lipinski definition) is 4. The first-order chi connectivity index (χ1) is 12.2. The number of piperazine rings is 1. The highest BCUT2D eigenvalue weighted by molar-refractivity contribution is 6.31. The summed E-state index contributed by atoms with van der Waals surface area (Å²) in [4.78, 5) is 21.3. The van der Waals surface area contributed by atoms with Crippen molar-refractivity contribution in [1.29, 1.82) is 0 Å². The smallest absolute Gasteiger partial charge is 0.254 e. The maximum Gasteiger partial charge on any atom is 0.254 e. The Hall–Kier alpha value is -2.11. The molecule has 0 saturated carbocycles. The third-order valence-electron chi connectivity index (χ3n) is 4.53. The van der Waals surface area contributed by atoms with Gasteiger partial charge in [0.15, 0.2) is 0 Å². The zero-order chi connectivity index (χ0) is 17.6. The first-order valence-electron chi connectivity index (χ1n) is 8.62. The van der Waals surface area contributed by atoms with E-state index < -0.39 is 0 Å². The van der Waals surface area contributed by atoms with Crippen LogP contribution < -0.4 is 5.32 Å². The van der Waals surface area contributed by atoms with Crippen molar-refractivity contribution in [1.82, 2.24) is 14.8 Å². The molecule has 0 bridgehead atoms. The molecular weight excluding hydrogens is 336 g/mol. The Morgan fingerprint density at radius 3 is 2.68 bits per heavy atom. The summed E-state index contributed by atoms with van der Waals surface area (Å²) in [6.45, 7) is 7.18. The summed E-state index contributed by atoms with van der Waals surface area (Å²) in [5.74, 6) is 0.747. The van der Waals surface area contributed by atoms with Crippen molar-refractivity contribution in [2.75, 3.05) is 38.0 Å². The van der Waals surface area contributed by atoms with Crippen molar-refractivity contribution in [2.24, 2.45) is 0 Å². The van der Waals surface area contributed by atoms with Crippen LogP contribution in [0, 0.1) is 0 Å². The molecular formula is C19H23ClN4O. The van der Waals surface area contributed by atoms with E-state index in [1.807, 2.05) is 35.2 Å². The summed E-state index contributed by atoms with van der Waals surface area (Å²) in [6.07, 6.45) is 1.67. The fraction of sp³-hybridized carbons (Fsp3) is 0.368. The average Bonchev–Trinajstić information content (AvgIpc) is 2.67. The quantitative estimate of drug-likeness (QED) is 0.892. The van der Waals surface area contributed by atoms with Crippen LogP contribution in [-0.2, 0) is 6.54 Å². The van der Waals surface area contributed by atoms with E-state index in [1.165, 1.54) is 0 Å². The standard InChI is InChI=1S/C19H23ClN4O/c1-2-23-9-11-24(12-10-23)19(25)15-7-8-21-18(13-15)22-14-16-5-3-4-6-17(16)20/h3-8,13H,2,9-12,14H2,1H3,(H,21,22). The highest BCUT2D eigenvalue weighted by atomic mass is 35.5. The second-order valence-corrected chi connectivity index (χ2v) is 6.51. The molecule has 1 saturated heterocycles. The monoisotopic (exact) mass is 358 g/mol. The van der Waals surface area contributed by atoms with Crippen LogP contribution in [0.5, 0.6) is 0 Å². The zero-order valence-electron chi connectivity index (χ0n) is 14.4. The molecule has 1 N–H and O–H groups in total. The Kier molecular flexibility index (Phi) is 5.89. The van der Waals surface area contributed by atoms with Crippen LogP contribution in [0.3, 0.4) is 0 Å². The number of benzene rings is 1. The van der Waals surface area contributed by atoms with Crippen LogP contribution in [0.1, 0.15) is 22.8 Å². The van der Waals surface area contributed by atoms with Gasteiger partial charge >= 0.3 is 0 Å². The molecule has 1 aliphatic heterocycles. The van der Waals surface area contributed by atoms with Gasteiger partial charge in [-0.05, 0) is 30.3 Å². The number of hydrogen-bond donors (Lipinski definition) is 1. The Morgan fingerprint density at radius 1 is 1.20 bits per heavy atom. The van der Waals surface area contributed by atoms with Crippen molar-refractivity contribution in [3.63, 3.8) is 0 Å². The van der Waals surface area contributed by atoms with Gasteiger partial charge < -0.3 is 15.1 Å². The number of carbonyl (C=O) groups excluding carboxylic acids is 1. The van der Waals surface area contributed by atoms with Gasteiger partial charge in [-0.25, -0.2) is 4.98 Å². The summed E-state index contributed by atoms with van der Waals surface area (Å²) >= 11 is 6.17. The molecule has 0 unspecified atom stereocenters. The molecule has 5 nitrogen and oxygen atoms in total. The molecule has 2 aromatic rings. The molecule has 0 spiro atoms. The molecule has 1 amide bonds. The lowest BCUT2D eigenvalue weighted by Crippen LogP contribution is -2.48. The third-order valence-corrected chi connectivity index (χ3v) is 4.90. The Morgan fingerprint density at radius 2 is 1.96 bits per heavy atom. The molecule has 25 heavy (non-hydrogen) atoms. The predicted molar refractivity (Wildman–Crippen MR) is 101 cm³/mol. The third kappa shape index (κ3) is 4.50. The first kappa shape index (κ1) is 17.7. The number of amides is 1. The van der Waals surface area contributed by atoms with Crippen molar-refractivity contribution in [3.8, 4) is 0 Å². The zero-order valence-corrected chi connectivity index (χ0v) is 15.2. The lowest BCUT2D eigenvalue weighted by Gasteiger charge is -2.34. The maximum atomic E-state index is 12.7. The van der Waals surface area contributed by atoms with E-state index >= 15 is 0 Å².